The molecule has 1 aromatic carbocycles. The van der Waals surface area contributed by atoms with Gasteiger partial charge in [0, 0.05) is 24.2 Å². The van der Waals surface area contributed by atoms with E-state index in [0.29, 0.717) is 23.4 Å². The number of phenols is 1. The highest BCUT2D eigenvalue weighted by Gasteiger charge is 2.32. The van der Waals surface area contributed by atoms with Gasteiger partial charge < -0.3 is 5.11 Å². The molecule has 2 nitrogen and oxygen atoms in total. The van der Waals surface area contributed by atoms with Crippen LogP contribution >= 0.6 is 0 Å². The molecule has 1 heterocycles. The standard InChI is InChI=1S/C16H24FNO/c1-10-7-11(2)12(3)18(9-10)13(4)15-8-14(17)5-6-16(15)19/h5-6,8,10-13,19H,7,9H2,1-4H3. The van der Waals surface area contributed by atoms with Crippen molar-refractivity contribution in [3.63, 3.8) is 0 Å². The van der Waals surface area contributed by atoms with Gasteiger partial charge in [-0.1, -0.05) is 13.8 Å². The van der Waals surface area contributed by atoms with Crippen molar-refractivity contribution in [2.45, 2.75) is 46.2 Å². The quantitative estimate of drug-likeness (QED) is 0.875. The molecule has 0 bridgehead atoms. The predicted molar refractivity (Wildman–Crippen MR) is 75.6 cm³/mol. The van der Waals surface area contributed by atoms with E-state index >= 15 is 0 Å². The third kappa shape index (κ3) is 2.92. The van der Waals surface area contributed by atoms with E-state index < -0.39 is 0 Å². The zero-order valence-electron chi connectivity index (χ0n) is 12.2. The Labute approximate surface area is 115 Å². The minimum absolute atomic E-state index is 0.0379. The number of halogens is 1. The Morgan fingerprint density at radius 2 is 2.00 bits per heavy atom. The second kappa shape index (κ2) is 5.49. The smallest absolute Gasteiger partial charge is 0.123 e. The first-order valence-corrected chi connectivity index (χ1v) is 7.14. The molecule has 0 radical (unpaired) electrons. The molecule has 2 rings (SSSR count). The fraction of sp³-hybridized carbons (Fsp3) is 0.625. The summed E-state index contributed by atoms with van der Waals surface area (Å²) in [5, 5.41) is 9.96. The summed E-state index contributed by atoms with van der Waals surface area (Å²) in [6.45, 7) is 9.81. The van der Waals surface area contributed by atoms with E-state index in [-0.39, 0.29) is 17.6 Å². The van der Waals surface area contributed by atoms with Crippen molar-refractivity contribution in [3.05, 3.63) is 29.6 Å². The maximum atomic E-state index is 13.4. The van der Waals surface area contributed by atoms with Crippen molar-refractivity contribution < 1.29 is 9.50 Å². The van der Waals surface area contributed by atoms with Gasteiger partial charge >= 0.3 is 0 Å². The van der Waals surface area contributed by atoms with Crippen LogP contribution in [0.5, 0.6) is 5.75 Å². The van der Waals surface area contributed by atoms with Gasteiger partial charge in [-0.05, 0) is 50.3 Å². The van der Waals surface area contributed by atoms with Gasteiger partial charge in [-0.25, -0.2) is 4.39 Å². The fourth-order valence-corrected chi connectivity index (χ4v) is 3.31. The van der Waals surface area contributed by atoms with Crippen LogP contribution in [0.25, 0.3) is 0 Å². The molecule has 0 aliphatic carbocycles. The number of nitrogens with zero attached hydrogens (tertiary/aromatic N) is 1. The van der Waals surface area contributed by atoms with Crippen molar-refractivity contribution in [1.82, 2.24) is 4.90 Å². The highest BCUT2D eigenvalue weighted by Crippen LogP contribution is 2.36. The van der Waals surface area contributed by atoms with E-state index in [2.05, 4.69) is 32.6 Å². The molecule has 3 heteroatoms. The molecule has 0 spiro atoms. The van der Waals surface area contributed by atoms with Gasteiger partial charge in [0.1, 0.15) is 11.6 Å². The molecular formula is C16H24FNO. The van der Waals surface area contributed by atoms with E-state index in [1.807, 2.05) is 0 Å². The summed E-state index contributed by atoms with van der Waals surface area (Å²) < 4.78 is 13.4. The molecule has 19 heavy (non-hydrogen) atoms. The molecule has 1 aliphatic heterocycles. The van der Waals surface area contributed by atoms with Crippen LogP contribution in [0.2, 0.25) is 0 Å². The average Bonchev–Trinajstić information content (AvgIpc) is 2.36. The van der Waals surface area contributed by atoms with E-state index in [9.17, 15) is 9.50 Å². The highest BCUT2D eigenvalue weighted by atomic mass is 19.1. The lowest BCUT2D eigenvalue weighted by Gasteiger charge is -2.44. The van der Waals surface area contributed by atoms with Crippen LogP contribution < -0.4 is 0 Å². The van der Waals surface area contributed by atoms with Gasteiger partial charge in [-0.3, -0.25) is 4.90 Å². The summed E-state index contributed by atoms with van der Waals surface area (Å²) in [6, 6.07) is 4.69. The molecule has 1 aliphatic rings. The van der Waals surface area contributed by atoms with Crippen LogP contribution in [0.3, 0.4) is 0 Å². The van der Waals surface area contributed by atoms with Crippen molar-refractivity contribution in [2.75, 3.05) is 6.54 Å². The van der Waals surface area contributed by atoms with Gasteiger partial charge in [0.15, 0.2) is 0 Å². The van der Waals surface area contributed by atoms with Crippen LogP contribution in [0, 0.1) is 17.7 Å². The van der Waals surface area contributed by atoms with Gasteiger partial charge in [-0.15, -0.1) is 0 Å². The van der Waals surface area contributed by atoms with Gasteiger partial charge in [0.25, 0.3) is 0 Å². The van der Waals surface area contributed by atoms with Crippen LogP contribution in [0.15, 0.2) is 18.2 Å². The normalized spacial score (nSPS) is 30.3. The Kier molecular flexibility index (Phi) is 4.14. The molecule has 1 saturated heterocycles. The van der Waals surface area contributed by atoms with Crippen LogP contribution in [-0.4, -0.2) is 22.6 Å². The summed E-state index contributed by atoms with van der Waals surface area (Å²) in [4.78, 5) is 2.38. The molecule has 4 unspecified atom stereocenters. The van der Waals surface area contributed by atoms with Crippen molar-refractivity contribution in [2.24, 2.45) is 11.8 Å². The van der Waals surface area contributed by atoms with E-state index in [1.54, 1.807) is 0 Å². The molecule has 0 amide bonds. The number of rotatable bonds is 2. The maximum Gasteiger partial charge on any atom is 0.123 e. The minimum atomic E-state index is -0.287. The first-order chi connectivity index (χ1) is 8.90. The van der Waals surface area contributed by atoms with Gasteiger partial charge in [-0.2, -0.15) is 0 Å². The molecular weight excluding hydrogens is 241 g/mol. The molecule has 1 fully saturated rings. The molecule has 1 N–H and O–H groups in total. The van der Waals surface area contributed by atoms with Crippen LogP contribution in [-0.2, 0) is 0 Å². The molecule has 1 aromatic rings. The third-order valence-electron chi connectivity index (χ3n) is 4.58. The van der Waals surface area contributed by atoms with E-state index in [0.717, 1.165) is 6.54 Å². The maximum absolute atomic E-state index is 13.4. The minimum Gasteiger partial charge on any atom is -0.508 e. The Bertz CT molecular complexity index is 448. The number of benzene rings is 1. The molecule has 0 saturated carbocycles. The van der Waals surface area contributed by atoms with E-state index in [4.69, 9.17) is 0 Å². The lowest BCUT2D eigenvalue weighted by atomic mass is 9.84. The van der Waals surface area contributed by atoms with E-state index in [1.165, 1.54) is 24.6 Å². The Balaban J connectivity index is 2.27. The fourth-order valence-electron chi connectivity index (χ4n) is 3.31. The second-order valence-corrected chi connectivity index (χ2v) is 6.13. The Morgan fingerprint density at radius 3 is 2.68 bits per heavy atom. The number of hydrogen-bond donors (Lipinski definition) is 1. The summed E-state index contributed by atoms with van der Waals surface area (Å²) in [7, 11) is 0. The lowest BCUT2D eigenvalue weighted by molar-refractivity contribution is 0.0452. The Hall–Kier alpha value is -1.09. The number of piperidine rings is 1. The number of phenolic OH excluding ortho intramolecular Hbond substituents is 1. The molecule has 0 aromatic heterocycles. The third-order valence-corrected chi connectivity index (χ3v) is 4.58. The first kappa shape index (κ1) is 14.3. The predicted octanol–water partition coefficient (Wildman–Crippen LogP) is 3.96. The van der Waals surface area contributed by atoms with Crippen LogP contribution in [0.1, 0.15) is 45.7 Å². The molecule has 4 atom stereocenters. The summed E-state index contributed by atoms with van der Waals surface area (Å²) in [6.07, 6.45) is 1.24. The highest BCUT2D eigenvalue weighted by molar-refractivity contribution is 5.35. The number of hydrogen-bond acceptors (Lipinski definition) is 2. The lowest BCUT2D eigenvalue weighted by Crippen LogP contribution is -2.46. The zero-order valence-corrected chi connectivity index (χ0v) is 12.2. The topological polar surface area (TPSA) is 23.5 Å². The Morgan fingerprint density at radius 1 is 1.32 bits per heavy atom. The monoisotopic (exact) mass is 265 g/mol. The van der Waals surface area contributed by atoms with Crippen molar-refractivity contribution >= 4 is 0 Å². The van der Waals surface area contributed by atoms with Gasteiger partial charge in [0.2, 0.25) is 0 Å². The molecule has 106 valence electrons. The zero-order chi connectivity index (χ0) is 14.2. The summed E-state index contributed by atoms with van der Waals surface area (Å²) >= 11 is 0. The van der Waals surface area contributed by atoms with Crippen LogP contribution in [0.4, 0.5) is 4.39 Å². The largest absolute Gasteiger partial charge is 0.508 e. The number of likely N-dealkylation sites (tertiary alicyclic amines) is 1. The average molecular weight is 265 g/mol. The summed E-state index contributed by atoms with van der Waals surface area (Å²) in [5.74, 6) is 1.17. The summed E-state index contributed by atoms with van der Waals surface area (Å²) in [5.41, 5.74) is 0.688. The SMILES string of the molecule is CC1CC(C)C(C)N(C(C)c2cc(F)ccc2O)C1. The van der Waals surface area contributed by atoms with Crippen molar-refractivity contribution in [3.8, 4) is 5.75 Å². The van der Waals surface area contributed by atoms with Crippen molar-refractivity contribution in [1.29, 1.82) is 0 Å². The van der Waals surface area contributed by atoms with Gasteiger partial charge in [0.05, 0.1) is 0 Å². The number of aromatic hydroxyl groups is 1. The first-order valence-electron chi connectivity index (χ1n) is 7.14. The second-order valence-electron chi connectivity index (χ2n) is 6.13.